The summed E-state index contributed by atoms with van der Waals surface area (Å²) in [6.45, 7) is 6.53. The monoisotopic (exact) mass is 353 g/mol. The van der Waals surface area contributed by atoms with Crippen molar-refractivity contribution < 1.29 is 18.7 Å². The Morgan fingerprint density at radius 3 is 2.69 bits per heavy atom. The molecule has 0 atom stereocenters. The van der Waals surface area contributed by atoms with Gasteiger partial charge < -0.3 is 19.2 Å². The number of carbonyl (C=O) groups is 1. The zero-order valence-electron chi connectivity index (χ0n) is 15.5. The Balaban J connectivity index is 1.76. The van der Waals surface area contributed by atoms with E-state index in [-0.39, 0.29) is 12.3 Å². The van der Waals surface area contributed by atoms with E-state index in [2.05, 4.69) is 5.32 Å². The van der Waals surface area contributed by atoms with Crippen LogP contribution >= 0.6 is 0 Å². The first-order valence-electron chi connectivity index (χ1n) is 8.60. The Hall–Kier alpha value is -2.95. The smallest absolute Gasteiger partial charge is 0.228 e. The van der Waals surface area contributed by atoms with Crippen molar-refractivity contribution in [1.82, 2.24) is 0 Å². The second kappa shape index (κ2) is 7.52. The second-order valence-corrected chi connectivity index (χ2v) is 6.17. The van der Waals surface area contributed by atoms with Gasteiger partial charge in [0.05, 0.1) is 26.4 Å². The average molecular weight is 353 g/mol. The fourth-order valence-electron chi connectivity index (χ4n) is 2.92. The molecule has 0 fully saturated rings. The van der Waals surface area contributed by atoms with E-state index >= 15 is 0 Å². The van der Waals surface area contributed by atoms with Crippen molar-refractivity contribution in [3.63, 3.8) is 0 Å². The molecule has 3 rings (SSSR count). The first kappa shape index (κ1) is 17.9. The van der Waals surface area contributed by atoms with Gasteiger partial charge in [0.25, 0.3) is 0 Å². The van der Waals surface area contributed by atoms with Gasteiger partial charge in [0.1, 0.15) is 5.58 Å². The summed E-state index contributed by atoms with van der Waals surface area (Å²) in [6, 6.07) is 9.39. The van der Waals surface area contributed by atoms with Gasteiger partial charge in [-0.3, -0.25) is 4.79 Å². The molecule has 26 heavy (non-hydrogen) atoms. The zero-order chi connectivity index (χ0) is 18.7. The van der Waals surface area contributed by atoms with Crippen LogP contribution in [0.1, 0.15) is 23.6 Å². The molecule has 1 aromatic heterocycles. The van der Waals surface area contributed by atoms with Gasteiger partial charge in [-0.1, -0.05) is 12.1 Å². The van der Waals surface area contributed by atoms with Crippen LogP contribution in [0.2, 0.25) is 0 Å². The number of fused-ring (bicyclic) bond motifs is 1. The third kappa shape index (κ3) is 3.52. The van der Waals surface area contributed by atoms with E-state index in [1.807, 2.05) is 32.9 Å². The minimum Gasteiger partial charge on any atom is -0.493 e. The van der Waals surface area contributed by atoms with E-state index in [0.717, 1.165) is 22.1 Å². The second-order valence-electron chi connectivity index (χ2n) is 6.17. The van der Waals surface area contributed by atoms with E-state index in [9.17, 15) is 4.79 Å². The molecule has 0 bridgehead atoms. The van der Waals surface area contributed by atoms with Crippen LogP contribution in [0.4, 0.5) is 5.69 Å². The van der Waals surface area contributed by atoms with Crippen LogP contribution in [0, 0.1) is 13.8 Å². The highest BCUT2D eigenvalue weighted by molar-refractivity contribution is 5.96. The number of nitrogens with one attached hydrogen (secondary N) is 1. The van der Waals surface area contributed by atoms with Gasteiger partial charge in [-0.05, 0) is 44.0 Å². The topological polar surface area (TPSA) is 60.7 Å². The average Bonchev–Trinajstić information content (AvgIpc) is 3.03. The van der Waals surface area contributed by atoms with Crippen LogP contribution in [-0.2, 0) is 11.2 Å². The van der Waals surface area contributed by atoms with Crippen molar-refractivity contribution in [1.29, 1.82) is 0 Å². The molecule has 136 valence electrons. The van der Waals surface area contributed by atoms with Crippen molar-refractivity contribution in [2.75, 3.05) is 19.0 Å². The van der Waals surface area contributed by atoms with E-state index < -0.39 is 0 Å². The van der Waals surface area contributed by atoms with Crippen LogP contribution in [0.25, 0.3) is 11.0 Å². The fourth-order valence-corrected chi connectivity index (χ4v) is 2.92. The molecular formula is C21H23NO4. The van der Waals surface area contributed by atoms with Crippen molar-refractivity contribution in [2.24, 2.45) is 0 Å². The molecule has 0 aliphatic carbocycles. The summed E-state index contributed by atoms with van der Waals surface area (Å²) in [7, 11) is 1.57. The third-order valence-electron chi connectivity index (χ3n) is 4.44. The maximum absolute atomic E-state index is 12.5. The molecule has 0 aliphatic rings. The molecule has 0 radical (unpaired) electrons. The van der Waals surface area contributed by atoms with Gasteiger partial charge >= 0.3 is 0 Å². The molecule has 0 saturated heterocycles. The Kier molecular flexibility index (Phi) is 5.16. The van der Waals surface area contributed by atoms with Crippen LogP contribution in [0.5, 0.6) is 11.5 Å². The summed E-state index contributed by atoms with van der Waals surface area (Å²) >= 11 is 0. The Morgan fingerprint density at radius 2 is 1.96 bits per heavy atom. The normalized spacial score (nSPS) is 10.8. The largest absolute Gasteiger partial charge is 0.493 e. The van der Waals surface area contributed by atoms with Crippen LogP contribution in [0.3, 0.4) is 0 Å². The molecule has 0 saturated carbocycles. The third-order valence-corrected chi connectivity index (χ3v) is 4.44. The number of rotatable bonds is 6. The summed E-state index contributed by atoms with van der Waals surface area (Å²) < 4.78 is 16.5. The number of benzene rings is 2. The predicted octanol–water partition coefficient (Wildman–Crippen LogP) is 4.64. The lowest BCUT2D eigenvalue weighted by atomic mass is 10.0. The van der Waals surface area contributed by atoms with Gasteiger partial charge in [-0.2, -0.15) is 0 Å². The highest BCUT2D eigenvalue weighted by Crippen LogP contribution is 2.31. The highest BCUT2D eigenvalue weighted by atomic mass is 16.5. The number of carbonyl (C=O) groups excluding carboxylic acids is 1. The van der Waals surface area contributed by atoms with Crippen LogP contribution in [0.15, 0.2) is 41.0 Å². The lowest BCUT2D eigenvalue weighted by molar-refractivity contribution is -0.115. The van der Waals surface area contributed by atoms with Crippen molar-refractivity contribution in [3.05, 3.63) is 53.3 Å². The maximum atomic E-state index is 12.5. The first-order valence-corrected chi connectivity index (χ1v) is 8.60. The SMILES string of the molecule is CCOc1ccc(NC(=O)Cc2coc3c(C)c(C)ccc23)cc1OC. The number of aryl methyl sites for hydroxylation is 2. The molecule has 5 heteroatoms. The number of anilines is 1. The van der Waals surface area contributed by atoms with Crippen LogP contribution < -0.4 is 14.8 Å². The number of hydrogen-bond donors (Lipinski definition) is 1. The first-order chi connectivity index (χ1) is 12.5. The molecule has 0 unspecified atom stereocenters. The molecule has 2 aromatic carbocycles. The fraction of sp³-hybridized carbons (Fsp3) is 0.286. The van der Waals surface area contributed by atoms with Gasteiger partial charge in [0.15, 0.2) is 11.5 Å². The summed E-state index contributed by atoms with van der Waals surface area (Å²) in [5.74, 6) is 1.13. The lowest BCUT2D eigenvalue weighted by Gasteiger charge is -2.11. The zero-order valence-corrected chi connectivity index (χ0v) is 15.5. The molecule has 1 heterocycles. The van der Waals surface area contributed by atoms with Crippen molar-refractivity contribution >= 4 is 22.6 Å². The summed E-state index contributed by atoms with van der Waals surface area (Å²) in [6.07, 6.45) is 1.90. The van der Waals surface area contributed by atoms with E-state index in [4.69, 9.17) is 13.9 Å². The van der Waals surface area contributed by atoms with Gasteiger partial charge in [0, 0.05) is 22.7 Å². The Bertz CT molecular complexity index is 943. The van der Waals surface area contributed by atoms with Crippen LogP contribution in [-0.4, -0.2) is 19.6 Å². The van der Waals surface area contributed by atoms with Gasteiger partial charge in [0.2, 0.25) is 5.91 Å². The minimum atomic E-state index is -0.114. The minimum absolute atomic E-state index is 0.114. The molecule has 0 aliphatic heterocycles. The number of methoxy groups -OCH3 is 1. The van der Waals surface area contributed by atoms with E-state index in [1.165, 1.54) is 5.56 Å². The van der Waals surface area contributed by atoms with E-state index in [1.54, 1.807) is 31.6 Å². The summed E-state index contributed by atoms with van der Waals surface area (Å²) in [5, 5.41) is 3.88. The quantitative estimate of drug-likeness (QED) is 0.701. The molecule has 1 amide bonds. The Labute approximate surface area is 152 Å². The van der Waals surface area contributed by atoms with Crippen molar-refractivity contribution in [3.8, 4) is 11.5 Å². The Morgan fingerprint density at radius 1 is 1.15 bits per heavy atom. The highest BCUT2D eigenvalue weighted by Gasteiger charge is 2.14. The predicted molar refractivity (Wildman–Crippen MR) is 102 cm³/mol. The summed E-state index contributed by atoms with van der Waals surface area (Å²) in [4.78, 5) is 12.5. The number of ether oxygens (including phenoxy) is 2. The standard InChI is InChI=1S/C21H23NO4/c1-5-25-18-9-7-16(11-19(18)24-4)22-20(23)10-15-12-26-21-14(3)13(2)6-8-17(15)21/h6-9,11-12H,5,10H2,1-4H3,(H,22,23). The molecule has 5 nitrogen and oxygen atoms in total. The molecule has 0 spiro atoms. The van der Waals surface area contributed by atoms with E-state index in [0.29, 0.717) is 23.8 Å². The number of hydrogen-bond acceptors (Lipinski definition) is 4. The molecular weight excluding hydrogens is 330 g/mol. The lowest BCUT2D eigenvalue weighted by Crippen LogP contribution is -2.14. The molecule has 1 N–H and O–H groups in total. The number of furan rings is 1. The molecule has 3 aromatic rings. The summed E-state index contributed by atoms with van der Waals surface area (Å²) in [5.41, 5.74) is 4.65. The number of amides is 1. The van der Waals surface area contributed by atoms with Crippen molar-refractivity contribution in [2.45, 2.75) is 27.2 Å². The van der Waals surface area contributed by atoms with Gasteiger partial charge in [-0.25, -0.2) is 0 Å². The van der Waals surface area contributed by atoms with Gasteiger partial charge in [-0.15, -0.1) is 0 Å². The maximum Gasteiger partial charge on any atom is 0.228 e.